The zero-order valence-electron chi connectivity index (χ0n) is 11.4. The summed E-state index contributed by atoms with van der Waals surface area (Å²) in [6, 6.07) is 4.66. The molecule has 2 heterocycles. The predicted molar refractivity (Wildman–Crippen MR) is 80.4 cm³/mol. The Bertz CT molecular complexity index is 480. The summed E-state index contributed by atoms with van der Waals surface area (Å²) in [5.74, 6) is 0. The van der Waals surface area contributed by atoms with Crippen LogP contribution >= 0.6 is 22.7 Å². The summed E-state index contributed by atoms with van der Waals surface area (Å²) >= 11 is 3.54. The van der Waals surface area contributed by atoms with E-state index in [-0.39, 0.29) is 5.41 Å². The maximum atomic E-state index is 4.69. The van der Waals surface area contributed by atoms with E-state index in [0.717, 1.165) is 6.54 Å². The van der Waals surface area contributed by atoms with Crippen LogP contribution in [0, 0.1) is 0 Å². The van der Waals surface area contributed by atoms with Crippen molar-refractivity contribution in [3.8, 4) is 0 Å². The number of rotatable bonds is 4. The minimum absolute atomic E-state index is 0.147. The van der Waals surface area contributed by atoms with Crippen LogP contribution < -0.4 is 5.32 Å². The zero-order valence-corrected chi connectivity index (χ0v) is 13.0. The molecule has 0 saturated carbocycles. The molecule has 18 heavy (non-hydrogen) atoms. The van der Waals surface area contributed by atoms with E-state index in [1.807, 2.05) is 0 Å². The molecule has 2 rings (SSSR count). The van der Waals surface area contributed by atoms with Crippen LogP contribution in [-0.4, -0.2) is 4.98 Å². The number of nitrogens with one attached hydrogen (secondary N) is 1. The van der Waals surface area contributed by atoms with E-state index in [1.165, 1.54) is 15.6 Å². The van der Waals surface area contributed by atoms with Crippen molar-refractivity contribution >= 4 is 22.7 Å². The molecule has 0 aliphatic heterocycles. The lowest BCUT2D eigenvalue weighted by Gasteiger charge is -2.14. The summed E-state index contributed by atoms with van der Waals surface area (Å²) in [4.78, 5) is 6.07. The van der Waals surface area contributed by atoms with Gasteiger partial charge in [-0.3, -0.25) is 0 Å². The van der Waals surface area contributed by atoms with Crippen LogP contribution in [0.1, 0.15) is 49.3 Å². The van der Waals surface area contributed by atoms with E-state index in [1.54, 1.807) is 22.7 Å². The van der Waals surface area contributed by atoms with Gasteiger partial charge >= 0.3 is 0 Å². The third-order valence-corrected chi connectivity index (χ3v) is 4.75. The summed E-state index contributed by atoms with van der Waals surface area (Å²) in [6.07, 6.45) is 0. The Morgan fingerprint density at radius 1 is 1.33 bits per heavy atom. The molecule has 0 spiro atoms. The van der Waals surface area contributed by atoms with Gasteiger partial charge in [0.05, 0.1) is 5.69 Å². The molecular weight excluding hydrogens is 260 g/mol. The minimum atomic E-state index is 0.147. The second-order valence-corrected chi connectivity index (χ2v) is 7.42. The number of hydrogen-bond acceptors (Lipinski definition) is 4. The van der Waals surface area contributed by atoms with Gasteiger partial charge in [0.25, 0.3) is 0 Å². The third kappa shape index (κ3) is 3.40. The van der Waals surface area contributed by atoms with Crippen LogP contribution in [0.5, 0.6) is 0 Å². The molecule has 0 unspecified atom stereocenters. The van der Waals surface area contributed by atoms with Gasteiger partial charge in [-0.05, 0) is 18.4 Å². The van der Waals surface area contributed by atoms with Crippen molar-refractivity contribution in [3.05, 3.63) is 38.5 Å². The Hall–Kier alpha value is -0.710. The Labute approximate surface area is 117 Å². The van der Waals surface area contributed by atoms with E-state index in [4.69, 9.17) is 4.98 Å². The van der Waals surface area contributed by atoms with Crippen LogP contribution in [0.2, 0.25) is 0 Å². The van der Waals surface area contributed by atoms with Gasteiger partial charge in [-0.25, -0.2) is 4.98 Å². The van der Waals surface area contributed by atoms with Gasteiger partial charge in [0.2, 0.25) is 0 Å². The van der Waals surface area contributed by atoms with Gasteiger partial charge < -0.3 is 5.32 Å². The van der Waals surface area contributed by atoms with Crippen molar-refractivity contribution in [2.75, 3.05) is 0 Å². The highest BCUT2D eigenvalue weighted by Crippen LogP contribution is 2.24. The molecule has 1 N–H and O–H groups in total. The van der Waals surface area contributed by atoms with Gasteiger partial charge in [0.1, 0.15) is 5.01 Å². The van der Waals surface area contributed by atoms with Gasteiger partial charge in [0.15, 0.2) is 0 Å². The van der Waals surface area contributed by atoms with Crippen LogP contribution in [0.3, 0.4) is 0 Å². The second kappa shape index (κ2) is 5.51. The van der Waals surface area contributed by atoms with Crippen LogP contribution in [0.15, 0.2) is 22.9 Å². The van der Waals surface area contributed by atoms with Crippen molar-refractivity contribution in [1.82, 2.24) is 10.3 Å². The molecule has 0 saturated heterocycles. The quantitative estimate of drug-likeness (QED) is 0.900. The molecule has 2 nitrogen and oxygen atoms in total. The molecule has 4 heteroatoms. The highest BCUT2D eigenvalue weighted by atomic mass is 32.1. The Balaban J connectivity index is 1.93. The molecule has 0 bridgehead atoms. The minimum Gasteiger partial charge on any atom is -0.303 e. The van der Waals surface area contributed by atoms with E-state index < -0.39 is 0 Å². The van der Waals surface area contributed by atoms with Crippen LogP contribution in [0.25, 0.3) is 0 Å². The molecule has 0 aliphatic carbocycles. The summed E-state index contributed by atoms with van der Waals surface area (Å²) in [7, 11) is 0. The molecule has 2 aromatic heterocycles. The van der Waals surface area contributed by atoms with Crippen LogP contribution in [-0.2, 0) is 12.0 Å². The summed E-state index contributed by atoms with van der Waals surface area (Å²) in [6.45, 7) is 9.65. The molecule has 0 fully saturated rings. The maximum Gasteiger partial charge on any atom is 0.107 e. The summed E-state index contributed by atoms with van der Waals surface area (Å²) < 4.78 is 0. The molecule has 0 amide bonds. The fourth-order valence-electron chi connectivity index (χ4n) is 1.62. The van der Waals surface area contributed by atoms with Crippen molar-refractivity contribution in [1.29, 1.82) is 0 Å². The molecular formula is C14H20N2S2. The standard InChI is InChI=1S/C14H20N2S2/c1-10(11-6-5-7-17-11)15-8-13-16-12(9-18-13)14(2,3)4/h5-7,9-10,15H,8H2,1-4H3/t10-/m0/s1. The molecule has 98 valence electrons. The third-order valence-electron chi connectivity index (χ3n) is 2.85. The normalized spacial score (nSPS) is 13.8. The average molecular weight is 280 g/mol. The number of nitrogens with zero attached hydrogens (tertiary/aromatic N) is 1. The highest BCUT2D eigenvalue weighted by Gasteiger charge is 2.17. The molecule has 0 aliphatic rings. The first kappa shape index (κ1) is 13.7. The fraction of sp³-hybridized carbons (Fsp3) is 0.500. The lowest BCUT2D eigenvalue weighted by Crippen LogP contribution is -2.17. The highest BCUT2D eigenvalue weighted by molar-refractivity contribution is 7.10. The van der Waals surface area contributed by atoms with Crippen LogP contribution in [0.4, 0.5) is 0 Å². The summed E-state index contributed by atoms with van der Waals surface area (Å²) in [5, 5.41) is 8.99. The van der Waals surface area contributed by atoms with Gasteiger partial charge in [0, 0.05) is 28.3 Å². The SMILES string of the molecule is C[C@H](NCc1nc(C(C)(C)C)cs1)c1cccs1. The molecule has 0 aromatic carbocycles. The van der Waals surface area contributed by atoms with E-state index in [2.05, 4.69) is 55.9 Å². The molecule has 1 atom stereocenters. The largest absolute Gasteiger partial charge is 0.303 e. The summed E-state index contributed by atoms with van der Waals surface area (Å²) in [5.41, 5.74) is 1.33. The lowest BCUT2D eigenvalue weighted by atomic mass is 9.93. The number of hydrogen-bond donors (Lipinski definition) is 1. The van der Waals surface area contributed by atoms with Crippen molar-refractivity contribution in [2.45, 2.75) is 45.7 Å². The first-order chi connectivity index (χ1) is 8.47. The monoisotopic (exact) mass is 280 g/mol. The number of thiazole rings is 1. The Kier molecular flexibility index (Phi) is 4.20. The zero-order chi connectivity index (χ0) is 13.2. The van der Waals surface area contributed by atoms with E-state index in [0.29, 0.717) is 6.04 Å². The first-order valence-electron chi connectivity index (χ1n) is 6.18. The van der Waals surface area contributed by atoms with Crippen molar-refractivity contribution < 1.29 is 0 Å². The van der Waals surface area contributed by atoms with Crippen molar-refractivity contribution in [2.24, 2.45) is 0 Å². The first-order valence-corrected chi connectivity index (χ1v) is 7.94. The van der Waals surface area contributed by atoms with E-state index in [9.17, 15) is 0 Å². The lowest BCUT2D eigenvalue weighted by molar-refractivity contribution is 0.557. The van der Waals surface area contributed by atoms with E-state index >= 15 is 0 Å². The Morgan fingerprint density at radius 3 is 2.67 bits per heavy atom. The Morgan fingerprint density at radius 2 is 2.11 bits per heavy atom. The van der Waals surface area contributed by atoms with Crippen molar-refractivity contribution in [3.63, 3.8) is 0 Å². The smallest absolute Gasteiger partial charge is 0.107 e. The second-order valence-electron chi connectivity index (χ2n) is 5.49. The predicted octanol–water partition coefficient (Wildman–Crippen LogP) is 4.35. The molecule has 2 aromatic rings. The maximum absolute atomic E-state index is 4.69. The number of thiophene rings is 1. The van der Waals surface area contributed by atoms with Gasteiger partial charge in [-0.15, -0.1) is 22.7 Å². The van der Waals surface area contributed by atoms with Gasteiger partial charge in [-0.2, -0.15) is 0 Å². The average Bonchev–Trinajstić information content (AvgIpc) is 2.96. The topological polar surface area (TPSA) is 24.9 Å². The van der Waals surface area contributed by atoms with Gasteiger partial charge in [-0.1, -0.05) is 26.8 Å². The fourth-order valence-corrected chi connectivity index (χ4v) is 3.35. The number of aromatic nitrogens is 1. The molecule has 0 radical (unpaired) electrons.